The fraction of sp³-hybridized carbons (Fsp3) is 0. The molecule has 7 heavy (non-hydrogen) atoms. The van der Waals surface area contributed by atoms with Gasteiger partial charge in [-0.05, 0) is 0 Å². The van der Waals surface area contributed by atoms with Crippen molar-refractivity contribution in [3.8, 4) is 0 Å². The third kappa shape index (κ3) is 1050. The Balaban J connectivity index is -0.0000000800. The van der Waals surface area contributed by atoms with E-state index in [0.29, 0.717) is 0 Å². The van der Waals surface area contributed by atoms with Gasteiger partial charge in [0.15, 0.2) is 0 Å². The summed E-state index contributed by atoms with van der Waals surface area (Å²) in [5.41, 5.74) is 0. The van der Waals surface area contributed by atoms with E-state index in [2.05, 4.69) is 0 Å². The van der Waals surface area contributed by atoms with Crippen LogP contribution in [0.5, 0.6) is 0 Å². The Labute approximate surface area is 51.5 Å². The molecule has 0 amide bonds. The van der Waals surface area contributed by atoms with Crippen LogP contribution in [0.1, 0.15) is 0 Å². The van der Waals surface area contributed by atoms with Crippen molar-refractivity contribution in [3.63, 3.8) is 0 Å². The topological polar surface area (TPSA) is 110 Å². The van der Waals surface area contributed by atoms with Crippen LogP contribution in [0.15, 0.2) is 0 Å². The zero-order valence-corrected chi connectivity index (χ0v) is 5.02. The standard InChI is InChI=1S/Co.H3N.H2O4S/c;;1-5(2,3)4/h;1H3;(H2,1,2,3,4). The third-order valence-corrected chi connectivity index (χ3v) is 0. The van der Waals surface area contributed by atoms with E-state index in [0.717, 1.165) is 0 Å². The van der Waals surface area contributed by atoms with Crippen molar-refractivity contribution in [2.75, 3.05) is 0 Å². The van der Waals surface area contributed by atoms with E-state index < -0.39 is 10.4 Å². The van der Waals surface area contributed by atoms with Gasteiger partial charge < -0.3 is 6.15 Å². The fourth-order valence-electron chi connectivity index (χ4n) is 0. The van der Waals surface area contributed by atoms with E-state index in [4.69, 9.17) is 17.5 Å². The predicted molar refractivity (Wildman–Crippen MR) is 19.2 cm³/mol. The second-order valence-electron chi connectivity index (χ2n) is 0.448. The molecule has 7 heteroatoms. The van der Waals surface area contributed by atoms with Crippen LogP contribution in [0.4, 0.5) is 0 Å². The van der Waals surface area contributed by atoms with Crippen molar-refractivity contribution in [1.82, 2.24) is 6.15 Å². The normalized spacial score (nSPS) is 8.29. The summed E-state index contributed by atoms with van der Waals surface area (Å²) in [6, 6.07) is 0. The van der Waals surface area contributed by atoms with Gasteiger partial charge in [0, 0.05) is 16.8 Å². The van der Waals surface area contributed by atoms with Gasteiger partial charge in [0.1, 0.15) is 0 Å². The molecule has 0 rings (SSSR count). The molecular formula is H5CoNO4S. The van der Waals surface area contributed by atoms with Crippen molar-refractivity contribution >= 4 is 10.4 Å². The Hall–Kier alpha value is 0.336. The molecule has 0 saturated carbocycles. The van der Waals surface area contributed by atoms with Gasteiger partial charge in [-0.25, -0.2) is 0 Å². The SMILES string of the molecule is N.O=S(=O)(O)O.[Co]. The zero-order valence-electron chi connectivity index (χ0n) is 3.16. The Bertz CT molecular complexity index is 94.9. The smallest absolute Gasteiger partial charge is 0.344 e. The maximum atomic E-state index is 8.74. The molecule has 5 nitrogen and oxygen atoms in total. The van der Waals surface area contributed by atoms with Gasteiger partial charge in [-0.15, -0.1) is 0 Å². The molecule has 0 aromatic carbocycles. The van der Waals surface area contributed by atoms with Gasteiger partial charge in [0.25, 0.3) is 0 Å². The molecule has 0 aromatic heterocycles. The summed E-state index contributed by atoms with van der Waals surface area (Å²) in [5.74, 6) is 0. The number of rotatable bonds is 0. The fourth-order valence-corrected chi connectivity index (χ4v) is 0. The first kappa shape index (κ1) is 15.7. The van der Waals surface area contributed by atoms with Crippen LogP contribution in [0.2, 0.25) is 0 Å². The average Bonchev–Trinajstić information content (AvgIpc) is 0.722. The Morgan fingerprint density at radius 2 is 1.14 bits per heavy atom. The Kier molecular flexibility index (Phi) is 10.1. The van der Waals surface area contributed by atoms with Gasteiger partial charge in [-0.3, -0.25) is 9.11 Å². The summed E-state index contributed by atoms with van der Waals surface area (Å²) in [6.45, 7) is 0. The molecule has 0 heterocycles. The first-order valence-corrected chi connectivity index (χ1v) is 2.10. The van der Waals surface area contributed by atoms with E-state index in [1.54, 1.807) is 0 Å². The summed E-state index contributed by atoms with van der Waals surface area (Å²) in [6.07, 6.45) is 0. The molecule has 0 saturated heterocycles. The molecular weight excluding hydrogens is 169 g/mol. The summed E-state index contributed by atoms with van der Waals surface area (Å²) >= 11 is 0. The van der Waals surface area contributed by atoms with E-state index in [9.17, 15) is 0 Å². The van der Waals surface area contributed by atoms with Crippen molar-refractivity contribution < 1.29 is 34.3 Å². The van der Waals surface area contributed by atoms with Crippen LogP contribution in [-0.4, -0.2) is 17.5 Å². The minimum Gasteiger partial charge on any atom is -0.344 e. The predicted octanol–water partition coefficient (Wildman–Crippen LogP) is -0.493. The number of hydrogen-bond acceptors (Lipinski definition) is 3. The van der Waals surface area contributed by atoms with Gasteiger partial charge in [-0.1, -0.05) is 0 Å². The summed E-state index contributed by atoms with van der Waals surface area (Å²) in [7, 11) is -4.67. The van der Waals surface area contributed by atoms with E-state index >= 15 is 0 Å². The molecule has 0 fully saturated rings. The largest absolute Gasteiger partial charge is 0.394 e. The van der Waals surface area contributed by atoms with Crippen LogP contribution < -0.4 is 6.15 Å². The number of hydrogen-bond donors (Lipinski definition) is 3. The van der Waals surface area contributed by atoms with Crippen LogP contribution in [0.25, 0.3) is 0 Å². The van der Waals surface area contributed by atoms with Crippen molar-refractivity contribution in [2.45, 2.75) is 0 Å². The third-order valence-electron chi connectivity index (χ3n) is 0. The molecule has 0 aromatic rings. The molecule has 0 aliphatic heterocycles. The molecule has 49 valence electrons. The molecule has 0 atom stereocenters. The first-order chi connectivity index (χ1) is 2.00. The van der Waals surface area contributed by atoms with Crippen molar-refractivity contribution in [2.24, 2.45) is 0 Å². The van der Waals surface area contributed by atoms with E-state index in [1.807, 2.05) is 0 Å². The Morgan fingerprint density at radius 1 is 1.14 bits per heavy atom. The van der Waals surface area contributed by atoms with E-state index in [-0.39, 0.29) is 22.9 Å². The maximum absolute atomic E-state index is 8.74. The quantitative estimate of drug-likeness (QED) is 0.429. The van der Waals surface area contributed by atoms with Crippen molar-refractivity contribution in [1.29, 1.82) is 0 Å². The van der Waals surface area contributed by atoms with Crippen molar-refractivity contribution in [3.05, 3.63) is 0 Å². The second-order valence-corrected chi connectivity index (χ2v) is 1.34. The van der Waals surface area contributed by atoms with Gasteiger partial charge in [0.05, 0.1) is 0 Å². The first-order valence-electron chi connectivity index (χ1n) is 0.698. The van der Waals surface area contributed by atoms with Crippen LogP contribution in [0.3, 0.4) is 0 Å². The molecule has 0 aliphatic carbocycles. The van der Waals surface area contributed by atoms with Crippen LogP contribution in [0, 0.1) is 0 Å². The monoisotopic (exact) mass is 174 g/mol. The Morgan fingerprint density at radius 3 is 1.14 bits per heavy atom. The molecule has 0 unspecified atom stereocenters. The summed E-state index contributed by atoms with van der Waals surface area (Å²) in [4.78, 5) is 0. The minimum atomic E-state index is -4.67. The summed E-state index contributed by atoms with van der Waals surface area (Å²) in [5, 5.41) is 0. The minimum absolute atomic E-state index is 0. The van der Waals surface area contributed by atoms with Gasteiger partial charge in [-0.2, -0.15) is 8.42 Å². The van der Waals surface area contributed by atoms with Crippen LogP contribution >= 0.6 is 0 Å². The molecule has 0 bridgehead atoms. The van der Waals surface area contributed by atoms with Crippen LogP contribution in [-0.2, 0) is 27.2 Å². The molecule has 0 spiro atoms. The molecule has 0 aliphatic rings. The average molecular weight is 174 g/mol. The molecule has 5 N–H and O–H groups in total. The molecule has 1 radical (unpaired) electrons. The van der Waals surface area contributed by atoms with Gasteiger partial charge >= 0.3 is 10.4 Å². The second kappa shape index (κ2) is 4.49. The summed E-state index contributed by atoms with van der Waals surface area (Å²) < 4.78 is 31.6. The maximum Gasteiger partial charge on any atom is 0.394 e. The van der Waals surface area contributed by atoms with Gasteiger partial charge in [0.2, 0.25) is 0 Å². The zero-order chi connectivity index (χ0) is 4.50. The van der Waals surface area contributed by atoms with E-state index in [1.165, 1.54) is 0 Å².